The van der Waals surface area contributed by atoms with Crippen LogP contribution in [0.4, 0.5) is 0 Å². The molecule has 2 heterocycles. The van der Waals surface area contributed by atoms with E-state index in [1.807, 2.05) is 41.9 Å². The summed E-state index contributed by atoms with van der Waals surface area (Å²) in [4.78, 5) is 11.2. The fraction of sp³-hybridized carbons (Fsp3) is 0.182. The zero-order valence-electron chi connectivity index (χ0n) is 7.74. The van der Waals surface area contributed by atoms with Crippen molar-refractivity contribution in [1.82, 2.24) is 4.40 Å². The van der Waals surface area contributed by atoms with Gasteiger partial charge in [0.1, 0.15) is 0 Å². The number of ketones is 1. The number of hydrogen-bond acceptors (Lipinski definition) is 1. The van der Waals surface area contributed by atoms with Crippen molar-refractivity contribution in [2.75, 3.05) is 0 Å². The highest BCUT2D eigenvalue weighted by atomic mass is 16.1. The number of carbonyl (C=O) groups excluding carboxylic acids is 1. The highest BCUT2D eigenvalue weighted by Gasteiger charge is 2.08. The van der Waals surface area contributed by atoms with Gasteiger partial charge in [0.05, 0.1) is 0 Å². The van der Waals surface area contributed by atoms with Gasteiger partial charge in [-0.3, -0.25) is 4.79 Å². The monoisotopic (exact) mass is 173 g/mol. The van der Waals surface area contributed by atoms with Crippen molar-refractivity contribution in [3.63, 3.8) is 0 Å². The van der Waals surface area contributed by atoms with Crippen molar-refractivity contribution in [3.05, 3.63) is 41.7 Å². The van der Waals surface area contributed by atoms with Crippen molar-refractivity contribution in [2.24, 2.45) is 0 Å². The number of aromatic nitrogens is 1. The van der Waals surface area contributed by atoms with Gasteiger partial charge in [-0.05, 0) is 31.5 Å². The second kappa shape index (κ2) is 2.73. The van der Waals surface area contributed by atoms with Crippen LogP contribution >= 0.6 is 0 Å². The van der Waals surface area contributed by atoms with Crippen molar-refractivity contribution in [2.45, 2.75) is 13.8 Å². The van der Waals surface area contributed by atoms with Gasteiger partial charge in [0, 0.05) is 23.5 Å². The van der Waals surface area contributed by atoms with E-state index in [-0.39, 0.29) is 5.78 Å². The summed E-state index contributed by atoms with van der Waals surface area (Å²) in [7, 11) is 0. The summed E-state index contributed by atoms with van der Waals surface area (Å²) < 4.78 is 1.98. The molecule has 0 radical (unpaired) electrons. The first-order chi connectivity index (χ1) is 6.20. The van der Waals surface area contributed by atoms with Crippen LogP contribution in [-0.2, 0) is 0 Å². The molecule has 0 aliphatic carbocycles. The van der Waals surface area contributed by atoms with E-state index in [9.17, 15) is 4.79 Å². The van der Waals surface area contributed by atoms with Crippen molar-refractivity contribution >= 4 is 11.3 Å². The standard InChI is InChI=1S/C11H11NO/c1-8-10(9(2)13)7-12-6-4-3-5-11(8)12/h3-7H,1-2H3. The minimum Gasteiger partial charge on any atom is -0.323 e. The van der Waals surface area contributed by atoms with E-state index < -0.39 is 0 Å². The molecule has 0 bridgehead atoms. The topological polar surface area (TPSA) is 21.5 Å². The van der Waals surface area contributed by atoms with Gasteiger partial charge in [-0.25, -0.2) is 0 Å². The highest BCUT2D eigenvalue weighted by molar-refractivity contribution is 5.97. The van der Waals surface area contributed by atoms with Crippen LogP contribution in [0, 0.1) is 6.92 Å². The average molecular weight is 173 g/mol. The first kappa shape index (κ1) is 8.05. The summed E-state index contributed by atoms with van der Waals surface area (Å²) >= 11 is 0. The number of pyridine rings is 1. The fourth-order valence-corrected chi connectivity index (χ4v) is 1.62. The zero-order valence-corrected chi connectivity index (χ0v) is 7.74. The molecule has 0 saturated heterocycles. The molecule has 0 saturated carbocycles. The van der Waals surface area contributed by atoms with Gasteiger partial charge in [0.25, 0.3) is 0 Å². The molecule has 2 heteroatoms. The van der Waals surface area contributed by atoms with Gasteiger partial charge >= 0.3 is 0 Å². The van der Waals surface area contributed by atoms with E-state index in [1.165, 1.54) is 0 Å². The van der Waals surface area contributed by atoms with E-state index in [1.54, 1.807) is 6.92 Å². The second-order valence-electron chi connectivity index (χ2n) is 3.22. The molecule has 0 fully saturated rings. The summed E-state index contributed by atoms with van der Waals surface area (Å²) in [6, 6.07) is 5.95. The third-order valence-electron chi connectivity index (χ3n) is 2.33. The third-order valence-corrected chi connectivity index (χ3v) is 2.33. The lowest BCUT2D eigenvalue weighted by molar-refractivity contribution is 0.101. The molecule has 2 aromatic heterocycles. The SMILES string of the molecule is CC(=O)c1cn2ccccc2c1C. The first-order valence-electron chi connectivity index (χ1n) is 4.27. The lowest BCUT2D eigenvalue weighted by atomic mass is 10.1. The summed E-state index contributed by atoms with van der Waals surface area (Å²) in [5.74, 6) is 0.126. The molecule has 66 valence electrons. The average Bonchev–Trinajstić information content (AvgIpc) is 2.45. The Bertz CT molecular complexity index is 468. The molecule has 2 nitrogen and oxygen atoms in total. The number of nitrogens with zero attached hydrogens (tertiary/aromatic N) is 1. The predicted octanol–water partition coefficient (Wildman–Crippen LogP) is 2.45. The normalized spacial score (nSPS) is 10.6. The first-order valence-corrected chi connectivity index (χ1v) is 4.27. The lowest BCUT2D eigenvalue weighted by Crippen LogP contribution is -1.90. The van der Waals surface area contributed by atoms with Crippen LogP contribution < -0.4 is 0 Å². The van der Waals surface area contributed by atoms with Crippen LogP contribution in [0.2, 0.25) is 0 Å². The molecular weight excluding hydrogens is 162 g/mol. The predicted molar refractivity (Wildman–Crippen MR) is 52.1 cm³/mol. The van der Waals surface area contributed by atoms with E-state index in [2.05, 4.69) is 0 Å². The number of hydrogen-bond donors (Lipinski definition) is 0. The van der Waals surface area contributed by atoms with E-state index in [4.69, 9.17) is 0 Å². The summed E-state index contributed by atoms with van der Waals surface area (Å²) in [5.41, 5.74) is 2.98. The molecule has 0 N–H and O–H groups in total. The zero-order chi connectivity index (χ0) is 9.42. The largest absolute Gasteiger partial charge is 0.323 e. The molecule has 0 aromatic carbocycles. The summed E-state index contributed by atoms with van der Waals surface area (Å²) in [5, 5.41) is 0. The summed E-state index contributed by atoms with van der Waals surface area (Å²) in [6.45, 7) is 3.58. The van der Waals surface area contributed by atoms with E-state index >= 15 is 0 Å². The second-order valence-corrected chi connectivity index (χ2v) is 3.22. The Hall–Kier alpha value is -1.57. The number of aryl methyl sites for hydroxylation is 1. The van der Waals surface area contributed by atoms with Crippen LogP contribution in [-0.4, -0.2) is 10.2 Å². The maximum absolute atomic E-state index is 11.2. The Morgan fingerprint density at radius 1 is 1.38 bits per heavy atom. The molecule has 0 atom stereocenters. The van der Waals surface area contributed by atoms with Crippen molar-refractivity contribution in [3.8, 4) is 0 Å². The Morgan fingerprint density at radius 2 is 2.15 bits per heavy atom. The Kier molecular flexibility index (Phi) is 1.69. The van der Waals surface area contributed by atoms with Gasteiger partial charge in [-0.2, -0.15) is 0 Å². The van der Waals surface area contributed by atoms with Crippen LogP contribution in [0.3, 0.4) is 0 Å². The number of fused-ring (bicyclic) bond motifs is 1. The van der Waals surface area contributed by atoms with E-state index in [0.717, 1.165) is 16.6 Å². The van der Waals surface area contributed by atoms with Crippen LogP contribution in [0.5, 0.6) is 0 Å². The van der Waals surface area contributed by atoms with Gasteiger partial charge in [0.2, 0.25) is 0 Å². The Labute approximate surface area is 76.8 Å². The highest BCUT2D eigenvalue weighted by Crippen LogP contribution is 2.17. The van der Waals surface area contributed by atoms with Gasteiger partial charge in [-0.15, -0.1) is 0 Å². The smallest absolute Gasteiger partial charge is 0.161 e. The van der Waals surface area contributed by atoms with Crippen LogP contribution in [0.25, 0.3) is 5.52 Å². The van der Waals surface area contributed by atoms with Crippen molar-refractivity contribution < 1.29 is 4.79 Å². The number of rotatable bonds is 1. The molecule has 13 heavy (non-hydrogen) atoms. The maximum atomic E-state index is 11.2. The molecule has 0 amide bonds. The molecule has 0 spiro atoms. The molecule has 0 unspecified atom stereocenters. The van der Waals surface area contributed by atoms with Crippen molar-refractivity contribution in [1.29, 1.82) is 0 Å². The quantitative estimate of drug-likeness (QED) is 0.607. The minimum atomic E-state index is 0.126. The van der Waals surface area contributed by atoms with Crippen LogP contribution in [0.1, 0.15) is 22.8 Å². The fourth-order valence-electron chi connectivity index (χ4n) is 1.62. The van der Waals surface area contributed by atoms with Crippen LogP contribution in [0.15, 0.2) is 30.6 Å². The Balaban J connectivity index is 2.81. The van der Waals surface area contributed by atoms with E-state index in [0.29, 0.717) is 0 Å². The molecule has 0 aliphatic rings. The van der Waals surface area contributed by atoms with Gasteiger partial charge in [0.15, 0.2) is 5.78 Å². The van der Waals surface area contributed by atoms with Gasteiger partial charge < -0.3 is 4.40 Å². The molecular formula is C11H11NO. The molecule has 0 aliphatic heterocycles. The third kappa shape index (κ3) is 1.15. The minimum absolute atomic E-state index is 0.126. The molecule has 2 aromatic rings. The lowest BCUT2D eigenvalue weighted by Gasteiger charge is -1.92. The molecule has 2 rings (SSSR count). The number of Topliss-reactive ketones (excluding diaryl/α,β-unsaturated/α-hetero) is 1. The number of carbonyl (C=O) groups is 1. The summed E-state index contributed by atoms with van der Waals surface area (Å²) in [6.07, 6.45) is 3.84. The maximum Gasteiger partial charge on any atom is 0.161 e. The Morgan fingerprint density at radius 3 is 2.77 bits per heavy atom. The van der Waals surface area contributed by atoms with Gasteiger partial charge in [-0.1, -0.05) is 6.07 Å².